The van der Waals surface area contributed by atoms with Crippen LogP contribution in [0.4, 0.5) is 5.69 Å². The van der Waals surface area contributed by atoms with Crippen LogP contribution in [-0.2, 0) is 21.4 Å². The summed E-state index contributed by atoms with van der Waals surface area (Å²) in [6, 6.07) is 21.7. The standard InChI is InChI=1S/C25H28N2O4S/c1-19-13-14-20(2)24(15-19)32(29,30)27(17-21-9-6-5-7-10-21)18-25(28)26(3)22-11-8-12-23(16-22)31-4/h5-16H,17-18H2,1-4H3. The number of aryl methyl sites for hydroxylation is 2. The first-order valence-corrected chi connectivity index (χ1v) is 11.7. The Balaban J connectivity index is 1.95. The fraction of sp³-hybridized carbons (Fsp3) is 0.240. The smallest absolute Gasteiger partial charge is 0.244 e. The lowest BCUT2D eigenvalue weighted by Gasteiger charge is -2.26. The van der Waals surface area contributed by atoms with Crippen molar-refractivity contribution in [1.82, 2.24) is 4.31 Å². The zero-order chi connectivity index (χ0) is 23.3. The molecule has 32 heavy (non-hydrogen) atoms. The maximum Gasteiger partial charge on any atom is 0.244 e. The number of ether oxygens (including phenoxy) is 1. The molecule has 0 atom stereocenters. The number of likely N-dealkylation sites (N-methyl/N-ethyl adjacent to an activating group) is 1. The molecule has 7 heteroatoms. The minimum absolute atomic E-state index is 0.0915. The number of carbonyl (C=O) groups excluding carboxylic acids is 1. The molecule has 0 aliphatic heterocycles. The molecule has 0 unspecified atom stereocenters. The van der Waals surface area contributed by atoms with E-state index in [1.54, 1.807) is 57.5 Å². The molecule has 6 nitrogen and oxygen atoms in total. The van der Waals surface area contributed by atoms with E-state index in [0.29, 0.717) is 17.0 Å². The summed E-state index contributed by atoms with van der Waals surface area (Å²) in [6.07, 6.45) is 0. The molecule has 1 amide bonds. The van der Waals surface area contributed by atoms with E-state index in [9.17, 15) is 13.2 Å². The second kappa shape index (κ2) is 9.97. The number of anilines is 1. The van der Waals surface area contributed by atoms with Gasteiger partial charge in [0.05, 0.1) is 18.6 Å². The number of hydrogen-bond acceptors (Lipinski definition) is 4. The quantitative estimate of drug-likeness (QED) is 0.515. The second-order valence-corrected chi connectivity index (χ2v) is 9.59. The van der Waals surface area contributed by atoms with E-state index in [1.165, 1.54) is 9.21 Å². The van der Waals surface area contributed by atoms with Gasteiger partial charge in [-0.25, -0.2) is 8.42 Å². The molecule has 0 aliphatic carbocycles. The third-order valence-corrected chi connectivity index (χ3v) is 7.22. The minimum atomic E-state index is -3.91. The molecule has 3 rings (SSSR count). The number of methoxy groups -OCH3 is 1. The van der Waals surface area contributed by atoms with Gasteiger partial charge in [0, 0.05) is 25.3 Å². The lowest BCUT2D eigenvalue weighted by Crippen LogP contribution is -2.41. The average Bonchev–Trinajstić information content (AvgIpc) is 2.80. The number of rotatable bonds is 8. The van der Waals surface area contributed by atoms with E-state index in [4.69, 9.17) is 4.74 Å². The van der Waals surface area contributed by atoms with Crippen LogP contribution in [0.25, 0.3) is 0 Å². The Hall–Kier alpha value is -3.16. The van der Waals surface area contributed by atoms with Crippen LogP contribution in [0.2, 0.25) is 0 Å². The molecule has 0 aromatic heterocycles. The minimum Gasteiger partial charge on any atom is -0.497 e. The molecule has 0 spiro atoms. The maximum absolute atomic E-state index is 13.6. The van der Waals surface area contributed by atoms with E-state index < -0.39 is 10.0 Å². The van der Waals surface area contributed by atoms with Gasteiger partial charge < -0.3 is 9.64 Å². The molecule has 0 radical (unpaired) electrons. The predicted molar refractivity (Wildman–Crippen MR) is 126 cm³/mol. The van der Waals surface area contributed by atoms with Crippen LogP contribution >= 0.6 is 0 Å². The Labute approximate surface area is 190 Å². The van der Waals surface area contributed by atoms with E-state index >= 15 is 0 Å². The summed E-state index contributed by atoms with van der Waals surface area (Å²) in [5.41, 5.74) is 2.91. The summed E-state index contributed by atoms with van der Waals surface area (Å²) in [5, 5.41) is 0. The van der Waals surface area contributed by atoms with Gasteiger partial charge in [0.15, 0.2) is 0 Å². The van der Waals surface area contributed by atoms with Crippen molar-refractivity contribution in [2.45, 2.75) is 25.3 Å². The van der Waals surface area contributed by atoms with E-state index in [1.807, 2.05) is 43.3 Å². The molecule has 0 fully saturated rings. The van der Waals surface area contributed by atoms with E-state index in [-0.39, 0.29) is 23.9 Å². The summed E-state index contributed by atoms with van der Waals surface area (Å²) < 4.78 is 33.8. The first-order valence-electron chi connectivity index (χ1n) is 10.2. The number of nitrogens with zero attached hydrogens (tertiary/aromatic N) is 2. The Morgan fingerprint density at radius 1 is 0.938 bits per heavy atom. The summed E-state index contributed by atoms with van der Waals surface area (Å²) in [7, 11) is -0.733. The Morgan fingerprint density at radius 2 is 1.66 bits per heavy atom. The van der Waals surface area contributed by atoms with E-state index in [2.05, 4.69) is 0 Å². The van der Waals surface area contributed by atoms with Gasteiger partial charge in [0.25, 0.3) is 0 Å². The molecule has 3 aromatic rings. The number of sulfonamides is 1. The first kappa shape index (κ1) is 23.5. The molecule has 0 bridgehead atoms. The number of amides is 1. The average molecular weight is 453 g/mol. The van der Waals surface area contributed by atoms with Crippen molar-refractivity contribution in [2.24, 2.45) is 0 Å². The topological polar surface area (TPSA) is 66.9 Å². The van der Waals surface area contributed by atoms with Gasteiger partial charge in [-0.15, -0.1) is 0 Å². The number of hydrogen-bond donors (Lipinski definition) is 0. The van der Waals surface area contributed by atoms with Gasteiger partial charge >= 0.3 is 0 Å². The molecular weight excluding hydrogens is 424 g/mol. The maximum atomic E-state index is 13.6. The van der Waals surface area contributed by atoms with Gasteiger partial charge in [0.2, 0.25) is 15.9 Å². The molecule has 0 heterocycles. The zero-order valence-electron chi connectivity index (χ0n) is 18.8. The van der Waals surface area contributed by atoms with Gasteiger partial charge in [0.1, 0.15) is 5.75 Å². The van der Waals surface area contributed by atoms with Crippen LogP contribution in [0.15, 0.2) is 77.7 Å². The fourth-order valence-electron chi connectivity index (χ4n) is 3.36. The predicted octanol–water partition coefficient (Wildman–Crippen LogP) is 4.17. The lowest BCUT2D eigenvalue weighted by molar-refractivity contribution is -0.118. The van der Waals surface area contributed by atoms with Crippen LogP contribution < -0.4 is 9.64 Å². The van der Waals surface area contributed by atoms with Crippen LogP contribution in [-0.4, -0.2) is 39.3 Å². The highest BCUT2D eigenvalue weighted by Gasteiger charge is 2.29. The van der Waals surface area contributed by atoms with Crippen molar-refractivity contribution in [3.05, 3.63) is 89.5 Å². The summed E-state index contributed by atoms with van der Waals surface area (Å²) in [4.78, 5) is 14.8. The third-order valence-electron chi connectivity index (χ3n) is 5.29. The number of carbonyl (C=O) groups is 1. The summed E-state index contributed by atoms with van der Waals surface area (Å²) >= 11 is 0. The largest absolute Gasteiger partial charge is 0.497 e. The Bertz CT molecular complexity index is 1190. The van der Waals surface area contributed by atoms with Gasteiger partial charge in [-0.2, -0.15) is 4.31 Å². The number of benzene rings is 3. The van der Waals surface area contributed by atoms with Crippen molar-refractivity contribution in [2.75, 3.05) is 25.6 Å². The monoisotopic (exact) mass is 452 g/mol. The van der Waals surface area contributed by atoms with Crippen LogP contribution in [0.3, 0.4) is 0 Å². The van der Waals surface area contributed by atoms with Gasteiger partial charge in [-0.1, -0.05) is 48.5 Å². The highest BCUT2D eigenvalue weighted by Crippen LogP contribution is 2.24. The molecule has 0 saturated heterocycles. The summed E-state index contributed by atoms with van der Waals surface area (Å²) in [5.74, 6) is 0.273. The molecule has 0 saturated carbocycles. The molecular formula is C25H28N2O4S. The van der Waals surface area contributed by atoms with Crippen molar-refractivity contribution in [1.29, 1.82) is 0 Å². The van der Waals surface area contributed by atoms with Crippen molar-refractivity contribution < 1.29 is 17.9 Å². The first-order chi connectivity index (χ1) is 15.2. The second-order valence-electron chi connectivity index (χ2n) is 7.68. The molecule has 168 valence electrons. The normalized spacial score (nSPS) is 11.4. The van der Waals surface area contributed by atoms with Crippen LogP contribution in [0, 0.1) is 13.8 Å². The Morgan fingerprint density at radius 3 is 2.34 bits per heavy atom. The zero-order valence-corrected chi connectivity index (χ0v) is 19.6. The third kappa shape index (κ3) is 5.36. The SMILES string of the molecule is COc1cccc(N(C)C(=O)CN(Cc2ccccc2)S(=O)(=O)c2cc(C)ccc2C)c1. The molecule has 0 N–H and O–H groups in total. The van der Waals surface area contributed by atoms with Gasteiger partial charge in [-0.05, 0) is 48.7 Å². The molecule has 0 aliphatic rings. The summed E-state index contributed by atoms with van der Waals surface area (Å²) in [6.45, 7) is 3.41. The lowest BCUT2D eigenvalue weighted by atomic mass is 10.2. The fourth-order valence-corrected chi connectivity index (χ4v) is 5.04. The van der Waals surface area contributed by atoms with Crippen molar-refractivity contribution in [3.63, 3.8) is 0 Å². The highest BCUT2D eigenvalue weighted by molar-refractivity contribution is 7.89. The molecule has 3 aromatic carbocycles. The van der Waals surface area contributed by atoms with E-state index in [0.717, 1.165) is 11.1 Å². The van der Waals surface area contributed by atoms with Gasteiger partial charge in [-0.3, -0.25) is 4.79 Å². The van der Waals surface area contributed by atoms with Crippen LogP contribution in [0.5, 0.6) is 5.75 Å². The Kier molecular flexibility index (Phi) is 7.33. The highest BCUT2D eigenvalue weighted by atomic mass is 32.2. The van der Waals surface area contributed by atoms with Crippen molar-refractivity contribution >= 4 is 21.6 Å². The van der Waals surface area contributed by atoms with Crippen LogP contribution in [0.1, 0.15) is 16.7 Å². The van der Waals surface area contributed by atoms with Crippen molar-refractivity contribution in [3.8, 4) is 5.75 Å².